The number of halogens is 2. The Morgan fingerprint density at radius 2 is 1.94 bits per heavy atom. The molecule has 3 atom stereocenters. The molecule has 3 unspecified atom stereocenters. The zero-order valence-electron chi connectivity index (χ0n) is 10.5. The Labute approximate surface area is 125 Å². The highest BCUT2D eigenvalue weighted by atomic mass is 79.9. The third-order valence-electron chi connectivity index (χ3n) is 4.36. The summed E-state index contributed by atoms with van der Waals surface area (Å²) < 4.78 is 8.05. The average Bonchev–Trinajstić information content (AvgIpc) is 2.75. The van der Waals surface area contributed by atoms with Crippen LogP contribution in [0.3, 0.4) is 0 Å². The molecule has 0 radical (unpaired) electrons. The van der Waals surface area contributed by atoms with Gasteiger partial charge in [-0.2, -0.15) is 0 Å². The molecule has 3 rings (SSSR count). The van der Waals surface area contributed by atoms with Gasteiger partial charge >= 0.3 is 0 Å². The van der Waals surface area contributed by atoms with Gasteiger partial charge in [0.25, 0.3) is 0 Å². The number of anilines is 1. The van der Waals surface area contributed by atoms with Crippen LogP contribution in [0, 0.1) is 11.3 Å². The molecular weight excluding hydrogens is 358 g/mol. The molecular formula is C14H17Br2NO. The van der Waals surface area contributed by atoms with E-state index >= 15 is 0 Å². The summed E-state index contributed by atoms with van der Waals surface area (Å²) in [5.41, 5.74) is 1.36. The number of hydrogen-bond donors (Lipinski definition) is 1. The molecule has 1 saturated carbocycles. The number of benzene rings is 1. The molecule has 1 aliphatic carbocycles. The van der Waals surface area contributed by atoms with Crippen LogP contribution in [0.2, 0.25) is 0 Å². The molecule has 1 aliphatic heterocycles. The SMILES string of the molecule is CC1(C)C(Nc2c(Br)cccc2Br)C2CCOC21. The normalized spacial score (nSPS) is 32.8. The highest BCUT2D eigenvalue weighted by Gasteiger charge is 2.59. The van der Waals surface area contributed by atoms with Crippen molar-refractivity contribution in [2.75, 3.05) is 11.9 Å². The number of fused-ring (bicyclic) bond motifs is 1. The van der Waals surface area contributed by atoms with Crippen LogP contribution in [0.5, 0.6) is 0 Å². The lowest BCUT2D eigenvalue weighted by Crippen LogP contribution is -2.63. The van der Waals surface area contributed by atoms with E-state index in [0.717, 1.165) is 21.2 Å². The van der Waals surface area contributed by atoms with Crippen LogP contribution in [0.25, 0.3) is 0 Å². The van der Waals surface area contributed by atoms with Crippen molar-refractivity contribution >= 4 is 37.5 Å². The van der Waals surface area contributed by atoms with Crippen molar-refractivity contribution in [3.63, 3.8) is 0 Å². The van der Waals surface area contributed by atoms with Crippen LogP contribution in [0.15, 0.2) is 27.1 Å². The number of para-hydroxylation sites is 1. The number of nitrogens with one attached hydrogen (secondary N) is 1. The van der Waals surface area contributed by atoms with E-state index in [1.54, 1.807) is 0 Å². The van der Waals surface area contributed by atoms with Crippen LogP contribution in [0.4, 0.5) is 5.69 Å². The quantitative estimate of drug-likeness (QED) is 0.826. The molecule has 1 aromatic carbocycles. The van der Waals surface area contributed by atoms with Gasteiger partial charge < -0.3 is 10.1 Å². The molecule has 1 heterocycles. The highest BCUT2D eigenvalue weighted by Crippen LogP contribution is 2.53. The minimum absolute atomic E-state index is 0.204. The maximum absolute atomic E-state index is 5.83. The van der Waals surface area contributed by atoms with Gasteiger partial charge in [-0.15, -0.1) is 0 Å². The van der Waals surface area contributed by atoms with Gasteiger partial charge in [0.05, 0.1) is 11.8 Å². The van der Waals surface area contributed by atoms with Crippen molar-refractivity contribution < 1.29 is 4.74 Å². The molecule has 0 aromatic heterocycles. The molecule has 0 amide bonds. The average molecular weight is 375 g/mol. The van der Waals surface area contributed by atoms with Gasteiger partial charge in [-0.3, -0.25) is 0 Å². The molecule has 2 fully saturated rings. The first-order valence-corrected chi connectivity index (χ1v) is 7.92. The molecule has 4 heteroatoms. The fourth-order valence-corrected chi connectivity index (χ4v) is 4.64. The topological polar surface area (TPSA) is 21.3 Å². The van der Waals surface area contributed by atoms with E-state index in [1.807, 2.05) is 6.07 Å². The fourth-order valence-electron chi connectivity index (χ4n) is 3.41. The Morgan fingerprint density at radius 3 is 2.61 bits per heavy atom. The van der Waals surface area contributed by atoms with Gasteiger partial charge in [-0.25, -0.2) is 0 Å². The summed E-state index contributed by atoms with van der Waals surface area (Å²) in [6.07, 6.45) is 1.60. The number of hydrogen-bond acceptors (Lipinski definition) is 2. The van der Waals surface area contributed by atoms with Crippen LogP contribution in [-0.2, 0) is 4.74 Å². The molecule has 0 bridgehead atoms. The van der Waals surface area contributed by atoms with Gasteiger partial charge in [0, 0.05) is 32.9 Å². The Kier molecular flexibility index (Phi) is 3.23. The van der Waals surface area contributed by atoms with Gasteiger partial charge in [0.2, 0.25) is 0 Å². The minimum atomic E-state index is 0.204. The molecule has 18 heavy (non-hydrogen) atoms. The minimum Gasteiger partial charge on any atom is -0.379 e. The highest BCUT2D eigenvalue weighted by molar-refractivity contribution is 9.11. The molecule has 2 aliphatic rings. The summed E-state index contributed by atoms with van der Waals surface area (Å²) in [6, 6.07) is 6.66. The van der Waals surface area contributed by atoms with Crippen molar-refractivity contribution in [3.8, 4) is 0 Å². The van der Waals surface area contributed by atoms with E-state index in [2.05, 4.69) is 63.2 Å². The van der Waals surface area contributed by atoms with Crippen molar-refractivity contribution in [1.29, 1.82) is 0 Å². The maximum Gasteiger partial charge on any atom is 0.0694 e. The third-order valence-corrected chi connectivity index (χ3v) is 5.68. The van der Waals surface area contributed by atoms with Crippen LogP contribution in [0.1, 0.15) is 20.3 Å². The molecule has 1 aromatic rings. The Bertz CT molecular complexity index is 455. The summed E-state index contributed by atoms with van der Waals surface area (Å²) in [5.74, 6) is 0.652. The molecule has 1 saturated heterocycles. The second-order valence-corrected chi connectivity index (χ2v) is 7.49. The molecule has 98 valence electrons. The Hall–Kier alpha value is -0.0600. The lowest BCUT2D eigenvalue weighted by Gasteiger charge is -2.55. The predicted molar refractivity (Wildman–Crippen MR) is 80.9 cm³/mol. The zero-order chi connectivity index (χ0) is 12.9. The summed E-state index contributed by atoms with van der Waals surface area (Å²) in [4.78, 5) is 0. The maximum atomic E-state index is 5.83. The predicted octanol–water partition coefficient (Wildman–Crippen LogP) is 4.44. The van der Waals surface area contributed by atoms with Crippen LogP contribution < -0.4 is 5.32 Å². The first-order valence-electron chi connectivity index (χ1n) is 6.34. The fraction of sp³-hybridized carbons (Fsp3) is 0.571. The Balaban J connectivity index is 1.85. The smallest absolute Gasteiger partial charge is 0.0694 e. The molecule has 0 spiro atoms. The van der Waals surface area contributed by atoms with Crippen molar-refractivity contribution in [3.05, 3.63) is 27.1 Å². The lowest BCUT2D eigenvalue weighted by molar-refractivity contribution is -0.0923. The lowest BCUT2D eigenvalue weighted by atomic mass is 9.57. The standard InChI is InChI=1S/C14H17Br2NO/c1-14(2)12(8-6-7-18-13(8)14)17-11-9(15)4-3-5-10(11)16/h3-5,8,12-13,17H,6-7H2,1-2H3. The van der Waals surface area contributed by atoms with Gasteiger partial charge in [-0.05, 0) is 50.4 Å². The second-order valence-electron chi connectivity index (χ2n) is 5.78. The second kappa shape index (κ2) is 4.50. The van der Waals surface area contributed by atoms with E-state index < -0.39 is 0 Å². The number of ether oxygens (including phenoxy) is 1. The summed E-state index contributed by atoms with van der Waals surface area (Å²) in [5, 5.41) is 3.70. The van der Waals surface area contributed by atoms with Gasteiger partial charge in [0.1, 0.15) is 0 Å². The number of rotatable bonds is 2. The van der Waals surface area contributed by atoms with Crippen LogP contribution in [-0.4, -0.2) is 18.8 Å². The van der Waals surface area contributed by atoms with E-state index in [-0.39, 0.29) is 5.41 Å². The third kappa shape index (κ3) is 1.84. The van der Waals surface area contributed by atoms with E-state index in [1.165, 1.54) is 6.42 Å². The zero-order valence-corrected chi connectivity index (χ0v) is 13.7. The molecule has 2 nitrogen and oxygen atoms in total. The van der Waals surface area contributed by atoms with Crippen molar-refractivity contribution in [2.45, 2.75) is 32.4 Å². The summed E-state index contributed by atoms with van der Waals surface area (Å²) >= 11 is 7.23. The monoisotopic (exact) mass is 373 g/mol. The van der Waals surface area contributed by atoms with Gasteiger partial charge in [-0.1, -0.05) is 19.9 Å². The first kappa shape index (κ1) is 12.9. The first-order chi connectivity index (χ1) is 8.51. The van der Waals surface area contributed by atoms with Crippen molar-refractivity contribution in [1.82, 2.24) is 0 Å². The van der Waals surface area contributed by atoms with Crippen LogP contribution >= 0.6 is 31.9 Å². The Morgan fingerprint density at radius 1 is 1.28 bits per heavy atom. The van der Waals surface area contributed by atoms with Gasteiger partial charge in [0.15, 0.2) is 0 Å². The van der Waals surface area contributed by atoms with Crippen molar-refractivity contribution in [2.24, 2.45) is 11.3 Å². The van der Waals surface area contributed by atoms with E-state index in [9.17, 15) is 0 Å². The summed E-state index contributed by atoms with van der Waals surface area (Å²) in [7, 11) is 0. The largest absolute Gasteiger partial charge is 0.379 e. The van der Waals surface area contributed by atoms with E-state index in [0.29, 0.717) is 18.1 Å². The molecule has 1 N–H and O–H groups in total. The van der Waals surface area contributed by atoms with E-state index in [4.69, 9.17) is 4.74 Å². The summed E-state index contributed by atoms with van der Waals surface area (Å²) in [6.45, 7) is 5.50.